The minimum atomic E-state index is -0.139. The molecule has 5 rings (SSSR count). The van der Waals surface area contributed by atoms with Gasteiger partial charge in [-0.25, -0.2) is 0 Å². The smallest absolute Gasteiger partial charge is 0.0479 e. The fourth-order valence-electron chi connectivity index (χ4n) is 5.60. The van der Waals surface area contributed by atoms with Gasteiger partial charge in [0.1, 0.15) is 0 Å². The zero-order valence-electron chi connectivity index (χ0n) is 16.9. The molecule has 0 atom stereocenters. The summed E-state index contributed by atoms with van der Waals surface area (Å²) in [5.41, 5.74) is 7.69. The number of para-hydroxylation sites is 1. The standard InChI is InChI=1S/C26H32NP/c1-4-12-20(13-5-1)25-23-18-10-11-19-24(23)27-26(25)28(21-14-6-2-7-15-21)22-16-8-3-9-17-22/h1,4-5,10-13,18-19,21-22,27H,2-3,6-9,14-17H2. The van der Waals surface area contributed by atoms with Gasteiger partial charge in [0.2, 0.25) is 0 Å². The van der Waals surface area contributed by atoms with Crippen molar-refractivity contribution in [3.63, 3.8) is 0 Å². The number of hydrogen-bond donors (Lipinski definition) is 1. The largest absolute Gasteiger partial charge is 0.354 e. The number of benzene rings is 2. The van der Waals surface area contributed by atoms with Crippen molar-refractivity contribution in [2.75, 3.05) is 0 Å². The van der Waals surface area contributed by atoms with Crippen molar-refractivity contribution in [2.24, 2.45) is 0 Å². The Balaban J connectivity index is 1.67. The van der Waals surface area contributed by atoms with E-state index in [1.165, 1.54) is 86.2 Å². The summed E-state index contributed by atoms with van der Waals surface area (Å²) in [6, 6.07) is 20.2. The quantitative estimate of drug-likeness (QED) is 0.442. The Morgan fingerprint density at radius 2 is 1.21 bits per heavy atom. The van der Waals surface area contributed by atoms with Crippen molar-refractivity contribution in [1.82, 2.24) is 4.98 Å². The number of aromatic amines is 1. The van der Waals surface area contributed by atoms with Gasteiger partial charge in [-0.3, -0.25) is 0 Å². The fourth-order valence-corrected chi connectivity index (χ4v) is 9.53. The zero-order chi connectivity index (χ0) is 18.8. The van der Waals surface area contributed by atoms with E-state index in [0.717, 1.165) is 11.3 Å². The number of aromatic nitrogens is 1. The molecule has 0 unspecified atom stereocenters. The highest BCUT2D eigenvalue weighted by Gasteiger charge is 2.35. The molecule has 0 spiro atoms. The van der Waals surface area contributed by atoms with Crippen molar-refractivity contribution in [3.05, 3.63) is 54.6 Å². The number of hydrogen-bond acceptors (Lipinski definition) is 0. The maximum absolute atomic E-state index is 3.99. The lowest BCUT2D eigenvalue weighted by molar-refractivity contribution is 0.487. The summed E-state index contributed by atoms with van der Waals surface area (Å²) >= 11 is 0. The molecule has 2 heteroatoms. The van der Waals surface area contributed by atoms with Gasteiger partial charge in [0, 0.05) is 21.9 Å². The number of H-pyrrole nitrogens is 1. The first-order valence-electron chi connectivity index (χ1n) is 11.4. The molecule has 2 aromatic carbocycles. The molecule has 0 aliphatic heterocycles. The zero-order valence-corrected chi connectivity index (χ0v) is 17.8. The molecule has 1 N–H and O–H groups in total. The monoisotopic (exact) mass is 389 g/mol. The molecule has 1 aromatic heterocycles. The van der Waals surface area contributed by atoms with Gasteiger partial charge in [0.15, 0.2) is 0 Å². The molecule has 0 amide bonds. The summed E-state index contributed by atoms with van der Waals surface area (Å²) in [7, 11) is -0.139. The third-order valence-electron chi connectivity index (χ3n) is 6.94. The van der Waals surface area contributed by atoms with Crippen LogP contribution in [0.1, 0.15) is 64.2 Å². The van der Waals surface area contributed by atoms with Crippen LogP contribution in [-0.4, -0.2) is 16.3 Å². The van der Waals surface area contributed by atoms with Gasteiger partial charge in [-0.2, -0.15) is 0 Å². The van der Waals surface area contributed by atoms with Gasteiger partial charge in [-0.15, -0.1) is 0 Å². The van der Waals surface area contributed by atoms with Crippen LogP contribution in [0.2, 0.25) is 0 Å². The van der Waals surface area contributed by atoms with E-state index in [4.69, 9.17) is 0 Å². The van der Waals surface area contributed by atoms with Crippen LogP contribution < -0.4 is 5.44 Å². The summed E-state index contributed by atoms with van der Waals surface area (Å²) in [6.07, 6.45) is 14.5. The van der Waals surface area contributed by atoms with E-state index in [2.05, 4.69) is 59.6 Å². The third kappa shape index (κ3) is 3.55. The van der Waals surface area contributed by atoms with Crippen LogP contribution >= 0.6 is 7.92 Å². The molecule has 2 fully saturated rings. The second-order valence-corrected chi connectivity index (χ2v) is 11.5. The highest BCUT2D eigenvalue weighted by atomic mass is 31.1. The summed E-state index contributed by atoms with van der Waals surface area (Å²) in [5.74, 6) is 0. The molecule has 1 heterocycles. The minimum absolute atomic E-state index is 0.139. The second kappa shape index (κ2) is 8.42. The Bertz CT molecular complexity index is 883. The molecular weight excluding hydrogens is 357 g/mol. The number of fused-ring (bicyclic) bond motifs is 1. The van der Waals surface area contributed by atoms with E-state index in [9.17, 15) is 0 Å². The van der Waals surface area contributed by atoms with Crippen LogP contribution in [0.25, 0.3) is 22.0 Å². The van der Waals surface area contributed by atoms with Crippen molar-refractivity contribution in [3.8, 4) is 11.1 Å². The molecule has 2 aliphatic carbocycles. The van der Waals surface area contributed by atoms with Crippen molar-refractivity contribution in [1.29, 1.82) is 0 Å². The van der Waals surface area contributed by atoms with Crippen LogP contribution in [0.4, 0.5) is 0 Å². The van der Waals surface area contributed by atoms with E-state index < -0.39 is 0 Å². The van der Waals surface area contributed by atoms with Gasteiger partial charge >= 0.3 is 0 Å². The van der Waals surface area contributed by atoms with Gasteiger partial charge in [-0.1, -0.05) is 95.0 Å². The van der Waals surface area contributed by atoms with Gasteiger partial charge in [0.25, 0.3) is 0 Å². The van der Waals surface area contributed by atoms with E-state index in [1.807, 2.05) is 0 Å². The summed E-state index contributed by atoms with van der Waals surface area (Å²) < 4.78 is 0. The Labute approximate surface area is 170 Å². The minimum Gasteiger partial charge on any atom is -0.354 e. The Morgan fingerprint density at radius 3 is 1.86 bits per heavy atom. The summed E-state index contributed by atoms with van der Waals surface area (Å²) in [4.78, 5) is 3.99. The lowest BCUT2D eigenvalue weighted by atomic mass is 9.99. The Hall–Kier alpha value is -1.59. The van der Waals surface area contributed by atoms with Crippen molar-refractivity contribution in [2.45, 2.75) is 75.5 Å². The Kier molecular flexibility index (Phi) is 5.54. The maximum atomic E-state index is 3.99. The maximum Gasteiger partial charge on any atom is 0.0479 e. The second-order valence-electron chi connectivity index (χ2n) is 8.75. The molecule has 2 saturated carbocycles. The van der Waals surface area contributed by atoms with Gasteiger partial charge < -0.3 is 4.98 Å². The first kappa shape index (κ1) is 18.4. The van der Waals surface area contributed by atoms with Crippen LogP contribution in [-0.2, 0) is 0 Å². The van der Waals surface area contributed by atoms with Crippen LogP contribution in [0.15, 0.2) is 54.6 Å². The lowest BCUT2D eigenvalue weighted by Gasteiger charge is -2.38. The number of rotatable bonds is 4. The third-order valence-corrected chi connectivity index (χ3v) is 10.4. The van der Waals surface area contributed by atoms with E-state index >= 15 is 0 Å². The normalized spacial score (nSPS) is 19.5. The number of nitrogens with one attached hydrogen (secondary N) is 1. The molecule has 0 radical (unpaired) electrons. The first-order chi connectivity index (χ1) is 13.9. The predicted molar refractivity (Wildman–Crippen MR) is 124 cm³/mol. The molecular formula is C26H32NP. The van der Waals surface area contributed by atoms with Gasteiger partial charge in [0.05, 0.1) is 0 Å². The van der Waals surface area contributed by atoms with Crippen LogP contribution in [0.5, 0.6) is 0 Å². The summed E-state index contributed by atoms with van der Waals surface area (Å²) in [6.45, 7) is 0. The molecule has 0 bridgehead atoms. The molecule has 146 valence electrons. The molecule has 2 aliphatic rings. The van der Waals surface area contributed by atoms with E-state index in [-0.39, 0.29) is 7.92 Å². The SMILES string of the molecule is c1ccc(-c2c(P(C3CCCCC3)C3CCCCC3)[nH]c3ccccc23)cc1. The predicted octanol–water partition coefficient (Wildman–Crippen LogP) is 7.61. The summed E-state index contributed by atoms with van der Waals surface area (Å²) in [5, 5.41) is 1.42. The van der Waals surface area contributed by atoms with E-state index in [0.29, 0.717) is 0 Å². The lowest BCUT2D eigenvalue weighted by Crippen LogP contribution is -2.27. The molecule has 0 saturated heterocycles. The van der Waals surface area contributed by atoms with Gasteiger partial charge in [-0.05, 0) is 48.6 Å². The molecule has 1 nitrogen and oxygen atoms in total. The fraction of sp³-hybridized carbons (Fsp3) is 0.462. The highest BCUT2D eigenvalue weighted by Crippen LogP contribution is 2.56. The highest BCUT2D eigenvalue weighted by molar-refractivity contribution is 7.67. The molecule has 28 heavy (non-hydrogen) atoms. The average Bonchev–Trinajstić information content (AvgIpc) is 3.15. The van der Waals surface area contributed by atoms with Crippen molar-refractivity contribution < 1.29 is 0 Å². The molecule has 3 aromatic rings. The Morgan fingerprint density at radius 1 is 0.643 bits per heavy atom. The van der Waals surface area contributed by atoms with E-state index in [1.54, 1.807) is 5.44 Å². The van der Waals surface area contributed by atoms with Crippen LogP contribution in [0.3, 0.4) is 0 Å². The average molecular weight is 390 g/mol. The topological polar surface area (TPSA) is 15.8 Å². The van der Waals surface area contributed by atoms with Crippen LogP contribution in [0, 0.1) is 0 Å². The van der Waals surface area contributed by atoms with Crippen molar-refractivity contribution >= 4 is 24.3 Å². The first-order valence-corrected chi connectivity index (χ1v) is 12.8.